The monoisotopic (exact) mass is 350 g/mol. The molecule has 0 aromatic heterocycles. The van der Waals surface area contributed by atoms with E-state index in [0.29, 0.717) is 11.3 Å². The summed E-state index contributed by atoms with van der Waals surface area (Å²) in [7, 11) is -3.59. The highest BCUT2D eigenvalue weighted by atomic mass is 32.2. The summed E-state index contributed by atoms with van der Waals surface area (Å²) in [5.74, 6) is 0.384. The molecule has 0 radical (unpaired) electrons. The van der Waals surface area contributed by atoms with Gasteiger partial charge >= 0.3 is 0 Å². The molecule has 0 heterocycles. The summed E-state index contributed by atoms with van der Waals surface area (Å²) in [4.78, 5) is 10.2. The number of ether oxygens (including phenoxy) is 1. The number of para-hydroxylation sites is 1. The number of hydrogen-bond donors (Lipinski definition) is 1. The van der Waals surface area contributed by atoms with Crippen LogP contribution in [0.15, 0.2) is 48.5 Å². The van der Waals surface area contributed by atoms with Gasteiger partial charge in [0.25, 0.3) is 5.69 Å². The standard InChI is InChI=1S/C16H18N2O5S/c1-13-5-2-3-8-16(13)23-10-9-17-24(21,22)12-14-6-4-7-15(11-14)18(19)20/h2-8,11,17H,9-10,12H2,1H3. The van der Waals surface area contributed by atoms with Crippen LogP contribution in [0.25, 0.3) is 0 Å². The summed E-state index contributed by atoms with van der Waals surface area (Å²) in [5.41, 5.74) is 1.19. The third-order valence-electron chi connectivity index (χ3n) is 3.25. The van der Waals surface area contributed by atoms with Crippen LogP contribution in [-0.2, 0) is 15.8 Å². The van der Waals surface area contributed by atoms with Gasteiger partial charge in [0.1, 0.15) is 12.4 Å². The van der Waals surface area contributed by atoms with Crippen LogP contribution in [0.1, 0.15) is 11.1 Å². The summed E-state index contributed by atoms with van der Waals surface area (Å²) in [6.07, 6.45) is 0. The maximum absolute atomic E-state index is 12.0. The fraction of sp³-hybridized carbons (Fsp3) is 0.250. The number of benzene rings is 2. The average molecular weight is 350 g/mol. The molecule has 0 aliphatic heterocycles. The maximum atomic E-state index is 12.0. The van der Waals surface area contributed by atoms with Gasteiger partial charge in [-0.2, -0.15) is 0 Å². The SMILES string of the molecule is Cc1ccccc1OCCNS(=O)(=O)Cc1cccc([N+](=O)[O-])c1. The van der Waals surface area contributed by atoms with Gasteiger partial charge in [-0.1, -0.05) is 30.3 Å². The molecule has 0 saturated carbocycles. The van der Waals surface area contributed by atoms with Crippen LogP contribution in [0.4, 0.5) is 5.69 Å². The highest BCUT2D eigenvalue weighted by molar-refractivity contribution is 7.88. The Balaban J connectivity index is 1.86. The summed E-state index contributed by atoms with van der Waals surface area (Å²) in [6.45, 7) is 2.21. The molecule has 0 unspecified atom stereocenters. The first-order chi connectivity index (χ1) is 11.4. The smallest absolute Gasteiger partial charge is 0.269 e. The van der Waals surface area contributed by atoms with E-state index in [4.69, 9.17) is 4.74 Å². The lowest BCUT2D eigenvalue weighted by atomic mass is 10.2. The molecule has 0 atom stereocenters. The Morgan fingerprint density at radius 1 is 1.17 bits per heavy atom. The number of nitro benzene ring substituents is 1. The van der Waals surface area contributed by atoms with Crippen molar-refractivity contribution >= 4 is 15.7 Å². The second-order valence-electron chi connectivity index (χ2n) is 5.19. The Labute approximate surface area is 140 Å². The average Bonchev–Trinajstić information content (AvgIpc) is 2.53. The van der Waals surface area contributed by atoms with E-state index in [9.17, 15) is 18.5 Å². The lowest BCUT2D eigenvalue weighted by molar-refractivity contribution is -0.384. The minimum absolute atomic E-state index is 0.117. The van der Waals surface area contributed by atoms with Gasteiger partial charge in [-0.05, 0) is 24.1 Å². The summed E-state index contributed by atoms with van der Waals surface area (Å²) >= 11 is 0. The third kappa shape index (κ3) is 5.32. The number of hydrogen-bond acceptors (Lipinski definition) is 5. The molecule has 8 heteroatoms. The van der Waals surface area contributed by atoms with E-state index in [-0.39, 0.29) is 24.6 Å². The fourth-order valence-electron chi connectivity index (χ4n) is 2.11. The predicted molar refractivity (Wildman–Crippen MR) is 90.4 cm³/mol. The van der Waals surface area contributed by atoms with Crippen molar-refractivity contribution in [3.63, 3.8) is 0 Å². The molecular weight excluding hydrogens is 332 g/mol. The van der Waals surface area contributed by atoms with Crippen molar-refractivity contribution in [2.24, 2.45) is 0 Å². The van der Waals surface area contributed by atoms with Gasteiger partial charge in [0.2, 0.25) is 10.0 Å². The zero-order chi connectivity index (χ0) is 17.6. The molecule has 0 saturated heterocycles. The van der Waals surface area contributed by atoms with Crippen molar-refractivity contribution in [3.05, 3.63) is 69.8 Å². The second-order valence-corrected chi connectivity index (χ2v) is 7.00. The Hall–Kier alpha value is -2.45. The predicted octanol–water partition coefficient (Wildman–Crippen LogP) is 2.40. The van der Waals surface area contributed by atoms with E-state index in [1.54, 1.807) is 0 Å². The number of aryl methyl sites for hydroxylation is 1. The quantitative estimate of drug-likeness (QED) is 0.448. The number of nitrogens with zero attached hydrogens (tertiary/aromatic N) is 1. The molecule has 24 heavy (non-hydrogen) atoms. The van der Waals surface area contributed by atoms with E-state index in [1.807, 2.05) is 31.2 Å². The second kappa shape index (κ2) is 7.89. The molecule has 0 bridgehead atoms. The Morgan fingerprint density at radius 2 is 1.92 bits per heavy atom. The van der Waals surface area contributed by atoms with Gasteiger partial charge in [-0.15, -0.1) is 0 Å². The largest absolute Gasteiger partial charge is 0.492 e. The minimum atomic E-state index is -3.59. The molecule has 2 aromatic rings. The first-order valence-corrected chi connectivity index (χ1v) is 8.92. The normalized spacial score (nSPS) is 11.2. The lowest BCUT2D eigenvalue weighted by Crippen LogP contribution is -2.29. The van der Waals surface area contributed by atoms with Gasteiger partial charge in [0.05, 0.1) is 10.7 Å². The highest BCUT2D eigenvalue weighted by Gasteiger charge is 2.14. The van der Waals surface area contributed by atoms with E-state index in [1.165, 1.54) is 24.3 Å². The van der Waals surface area contributed by atoms with Crippen LogP contribution >= 0.6 is 0 Å². The molecule has 128 valence electrons. The van der Waals surface area contributed by atoms with Crippen molar-refractivity contribution in [1.29, 1.82) is 0 Å². The van der Waals surface area contributed by atoms with Crippen LogP contribution in [0.5, 0.6) is 5.75 Å². The summed E-state index contributed by atoms with van der Waals surface area (Å²) in [5, 5.41) is 10.7. The molecule has 0 fully saturated rings. The molecule has 0 aliphatic rings. The molecule has 0 spiro atoms. The van der Waals surface area contributed by atoms with E-state index < -0.39 is 14.9 Å². The number of sulfonamides is 1. The lowest BCUT2D eigenvalue weighted by Gasteiger charge is -2.10. The molecule has 7 nitrogen and oxygen atoms in total. The fourth-order valence-corrected chi connectivity index (χ4v) is 3.22. The van der Waals surface area contributed by atoms with Crippen molar-refractivity contribution in [1.82, 2.24) is 4.72 Å². The molecule has 2 rings (SSSR count). The van der Waals surface area contributed by atoms with Gasteiger partial charge in [0, 0.05) is 18.7 Å². The van der Waals surface area contributed by atoms with Gasteiger partial charge in [-0.25, -0.2) is 13.1 Å². The van der Waals surface area contributed by atoms with Crippen molar-refractivity contribution in [2.45, 2.75) is 12.7 Å². The third-order valence-corrected chi connectivity index (χ3v) is 4.61. The van der Waals surface area contributed by atoms with Crippen LogP contribution in [0.3, 0.4) is 0 Å². The topological polar surface area (TPSA) is 98.5 Å². The molecule has 0 aliphatic carbocycles. The first kappa shape index (κ1) is 17.9. The van der Waals surface area contributed by atoms with Crippen molar-refractivity contribution in [2.75, 3.05) is 13.2 Å². The number of non-ortho nitro benzene ring substituents is 1. The van der Waals surface area contributed by atoms with Gasteiger partial charge in [0.15, 0.2) is 0 Å². The zero-order valence-electron chi connectivity index (χ0n) is 13.1. The van der Waals surface area contributed by atoms with E-state index in [2.05, 4.69) is 4.72 Å². The van der Waals surface area contributed by atoms with Gasteiger partial charge in [-0.3, -0.25) is 10.1 Å². The molecular formula is C16H18N2O5S. The number of rotatable bonds is 8. The van der Waals surface area contributed by atoms with Gasteiger partial charge < -0.3 is 4.74 Å². The van der Waals surface area contributed by atoms with Crippen LogP contribution in [0.2, 0.25) is 0 Å². The van der Waals surface area contributed by atoms with Crippen molar-refractivity contribution in [3.8, 4) is 5.75 Å². The highest BCUT2D eigenvalue weighted by Crippen LogP contribution is 2.16. The van der Waals surface area contributed by atoms with E-state index in [0.717, 1.165) is 5.56 Å². The van der Waals surface area contributed by atoms with Crippen LogP contribution in [-0.4, -0.2) is 26.5 Å². The maximum Gasteiger partial charge on any atom is 0.269 e. The number of nitrogens with one attached hydrogen (secondary N) is 1. The summed E-state index contributed by atoms with van der Waals surface area (Å²) < 4.78 is 32.0. The molecule has 2 aromatic carbocycles. The van der Waals surface area contributed by atoms with Crippen molar-refractivity contribution < 1.29 is 18.1 Å². The zero-order valence-corrected chi connectivity index (χ0v) is 14.0. The Kier molecular flexibility index (Phi) is 5.88. The Morgan fingerprint density at radius 3 is 2.62 bits per heavy atom. The minimum Gasteiger partial charge on any atom is -0.492 e. The van der Waals surface area contributed by atoms with Crippen LogP contribution in [0, 0.1) is 17.0 Å². The van der Waals surface area contributed by atoms with E-state index >= 15 is 0 Å². The molecule has 1 N–H and O–H groups in total. The summed E-state index contributed by atoms with van der Waals surface area (Å²) in [6, 6.07) is 13.0. The Bertz CT molecular complexity index is 821. The number of nitro groups is 1. The first-order valence-electron chi connectivity index (χ1n) is 7.26. The van der Waals surface area contributed by atoms with Crippen LogP contribution < -0.4 is 9.46 Å². The molecule has 0 amide bonds.